The molecular weight excluding hydrogens is 306 g/mol. The number of ether oxygens (including phenoxy) is 1. The van der Waals surface area contributed by atoms with Gasteiger partial charge in [0.25, 0.3) is 0 Å². The van der Waals surface area contributed by atoms with Crippen LogP contribution in [-0.4, -0.2) is 17.3 Å². The van der Waals surface area contributed by atoms with E-state index in [9.17, 15) is 10.1 Å². The minimum absolute atomic E-state index is 0.0313. The zero-order valence-electron chi connectivity index (χ0n) is 9.22. The van der Waals surface area contributed by atoms with Crippen molar-refractivity contribution in [3.05, 3.63) is 44.4 Å². The minimum atomic E-state index is -0.449. The second kappa shape index (κ2) is 6.66. The summed E-state index contributed by atoms with van der Waals surface area (Å²) in [5.74, 6) is 0.923. The van der Waals surface area contributed by atoms with E-state index in [4.69, 9.17) is 4.74 Å². The highest BCUT2D eigenvalue weighted by Gasteiger charge is 2.18. The van der Waals surface area contributed by atoms with Crippen molar-refractivity contribution in [3.8, 4) is 5.75 Å². The van der Waals surface area contributed by atoms with Crippen molar-refractivity contribution < 1.29 is 9.66 Å². The molecule has 0 spiro atoms. The van der Waals surface area contributed by atoms with Gasteiger partial charge in [-0.3, -0.25) is 10.1 Å². The highest BCUT2D eigenvalue weighted by Crippen LogP contribution is 2.33. The molecule has 0 aliphatic heterocycles. The monoisotopic (exact) mass is 317 g/mol. The van der Waals surface area contributed by atoms with Crippen molar-refractivity contribution in [2.45, 2.75) is 6.92 Å². The summed E-state index contributed by atoms with van der Waals surface area (Å²) in [6.45, 7) is 2.07. The number of hydrogen-bond donors (Lipinski definition) is 1. The maximum absolute atomic E-state index is 10.9. The molecule has 0 aliphatic carbocycles. The summed E-state index contributed by atoms with van der Waals surface area (Å²) in [5, 5.41) is 10.9. The molecule has 0 aliphatic rings. The standard InChI is InChI=1S/C11H12BrNO3S/c1-8-6-9(12)7-10(13(14)15)11(8)16-4-2-3-5-17/h2-3,6-7,17H,4-5H2,1H3. The van der Waals surface area contributed by atoms with Crippen LogP contribution in [0, 0.1) is 17.0 Å². The molecule has 1 aromatic rings. The van der Waals surface area contributed by atoms with Crippen molar-refractivity contribution in [2.24, 2.45) is 0 Å². The van der Waals surface area contributed by atoms with Crippen LogP contribution in [0.4, 0.5) is 5.69 Å². The molecule has 0 bridgehead atoms. The summed E-state index contributed by atoms with van der Waals surface area (Å²) < 4.78 is 6.07. The van der Waals surface area contributed by atoms with Gasteiger partial charge in [-0.1, -0.05) is 28.1 Å². The molecule has 6 heteroatoms. The molecule has 0 saturated heterocycles. The first-order valence-corrected chi connectivity index (χ1v) is 6.32. The Balaban J connectivity index is 2.96. The van der Waals surface area contributed by atoms with Crippen LogP contribution in [0.1, 0.15) is 5.56 Å². The van der Waals surface area contributed by atoms with Gasteiger partial charge in [0.1, 0.15) is 6.61 Å². The van der Waals surface area contributed by atoms with Crippen LogP contribution in [0.5, 0.6) is 5.75 Å². The van der Waals surface area contributed by atoms with Gasteiger partial charge in [-0.25, -0.2) is 0 Å². The largest absolute Gasteiger partial charge is 0.482 e. The number of halogens is 1. The second-order valence-corrected chi connectivity index (χ2v) is 4.57. The van der Waals surface area contributed by atoms with Gasteiger partial charge in [0.05, 0.1) is 4.92 Å². The molecule has 0 saturated carbocycles. The summed E-state index contributed by atoms with van der Waals surface area (Å²) >= 11 is 7.24. The molecule has 0 amide bonds. The Morgan fingerprint density at radius 3 is 2.82 bits per heavy atom. The Hall–Kier alpha value is -1.01. The van der Waals surface area contributed by atoms with E-state index in [1.165, 1.54) is 6.07 Å². The van der Waals surface area contributed by atoms with Crippen LogP contribution >= 0.6 is 28.6 Å². The lowest BCUT2D eigenvalue weighted by Gasteiger charge is -2.08. The molecule has 0 N–H and O–H groups in total. The minimum Gasteiger partial charge on any atom is -0.482 e. The number of rotatable bonds is 5. The fourth-order valence-corrected chi connectivity index (χ4v) is 2.02. The second-order valence-electron chi connectivity index (χ2n) is 3.29. The summed E-state index contributed by atoms with van der Waals surface area (Å²) in [7, 11) is 0. The van der Waals surface area contributed by atoms with E-state index in [-0.39, 0.29) is 5.69 Å². The molecule has 0 atom stereocenters. The van der Waals surface area contributed by atoms with Crippen LogP contribution in [0.2, 0.25) is 0 Å². The predicted molar refractivity (Wildman–Crippen MR) is 74.0 cm³/mol. The summed E-state index contributed by atoms with van der Waals surface area (Å²) in [4.78, 5) is 10.4. The van der Waals surface area contributed by atoms with Crippen LogP contribution in [0.25, 0.3) is 0 Å². The fourth-order valence-electron chi connectivity index (χ4n) is 1.31. The van der Waals surface area contributed by atoms with Gasteiger partial charge >= 0.3 is 5.69 Å². The van der Waals surface area contributed by atoms with Crippen molar-refractivity contribution >= 4 is 34.2 Å². The molecule has 0 radical (unpaired) electrons. The molecule has 17 heavy (non-hydrogen) atoms. The number of nitro groups is 1. The third-order valence-corrected chi connectivity index (χ3v) is 2.68. The number of thiol groups is 1. The van der Waals surface area contributed by atoms with Crippen LogP contribution in [-0.2, 0) is 0 Å². The number of nitrogens with zero attached hydrogens (tertiary/aromatic N) is 1. The number of nitro benzene ring substituents is 1. The van der Waals surface area contributed by atoms with Crippen molar-refractivity contribution in [3.63, 3.8) is 0 Å². The molecule has 4 nitrogen and oxygen atoms in total. The zero-order valence-corrected chi connectivity index (χ0v) is 11.7. The number of benzene rings is 1. The van der Waals surface area contributed by atoms with Crippen LogP contribution in [0.3, 0.4) is 0 Å². The van der Waals surface area contributed by atoms with Crippen LogP contribution < -0.4 is 4.74 Å². The van der Waals surface area contributed by atoms with Crippen LogP contribution in [0.15, 0.2) is 28.8 Å². The smallest absolute Gasteiger partial charge is 0.312 e. The highest BCUT2D eigenvalue weighted by molar-refractivity contribution is 9.10. The SMILES string of the molecule is Cc1cc(Br)cc([N+](=O)[O-])c1OCC=CCS. The maximum atomic E-state index is 10.9. The number of aryl methyl sites for hydroxylation is 1. The molecular formula is C11H12BrNO3S. The van der Waals surface area contributed by atoms with E-state index in [0.29, 0.717) is 22.6 Å². The first kappa shape index (κ1) is 14.1. The Bertz CT molecular complexity index is 449. The molecule has 1 rings (SSSR count). The Morgan fingerprint density at radius 2 is 2.24 bits per heavy atom. The van der Waals surface area contributed by atoms with E-state index in [1.807, 2.05) is 6.08 Å². The Morgan fingerprint density at radius 1 is 1.53 bits per heavy atom. The first-order chi connectivity index (χ1) is 8.06. The summed E-state index contributed by atoms with van der Waals surface area (Å²) in [5.41, 5.74) is 0.696. The highest BCUT2D eigenvalue weighted by atomic mass is 79.9. The molecule has 0 fully saturated rings. The average molecular weight is 318 g/mol. The van der Waals surface area contributed by atoms with Gasteiger partial charge in [-0.05, 0) is 18.6 Å². The topological polar surface area (TPSA) is 52.4 Å². The first-order valence-electron chi connectivity index (χ1n) is 4.89. The molecule has 92 valence electrons. The lowest BCUT2D eigenvalue weighted by atomic mass is 10.2. The van der Waals surface area contributed by atoms with Gasteiger partial charge < -0.3 is 4.74 Å². The molecule has 0 heterocycles. The molecule has 0 unspecified atom stereocenters. The van der Waals surface area contributed by atoms with E-state index in [0.717, 1.165) is 5.56 Å². The van der Waals surface area contributed by atoms with Crippen molar-refractivity contribution in [2.75, 3.05) is 12.4 Å². The zero-order chi connectivity index (χ0) is 12.8. The lowest BCUT2D eigenvalue weighted by molar-refractivity contribution is -0.385. The lowest BCUT2D eigenvalue weighted by Crippen LogP contribution is -2.00. The third-order valence-electron chi connectivity index (χ3n) is 2.01. The third kappa shape index (κ3) is 4.05. The molecule has 1 aromatic carbocycles. The van der Waals surface area contributed by atoms with Gasteiger partial charge in [0, 0.05) is 16.3 Å². The number of hydrogen-bond acceptors (Lipinski definition) is 4. The van der Waals surface area contributed by atoms with E-state index in [1.54, 1.807) is 19.1 Å². The van der Waals surface area contributed by atoms with Gasteiger partial charge in [0.15, 0.2) is 5.75 Å². The quantitative estimate of drug-likeness (QED) is 0.391. The summed E-state index contributed by atoms with van der Waals surface area (Å²) in [6, 6.07) is 3.22. The normalized spacial score (nSPS) is 10.8. The van der Waals surface area contributed by atoms with Gasteiger partial charge in [-0.15, -0.1) is 0 Å². The van der Waals surface area contributed by atoms with Crippen molar-refractivity contribution in [1.29, 1.82) is 0 Å². The Labute approximate surface area is 113 Å². The van der Waals surface area contributed by atoms with Crippen molar-refractivity contribution in [1.82, 2.24) is 0 Å². The molecule has 0 aromatic heterocycles. The van der Waals surface area contributed by atoms with E-state index in [2.05, 4.69) is 28.6 Å². The van der Waals surface area contributed by atoms with Gasteiger partial charge in [0.2, 0.25) is 0 Å². The average Bonchev–Trinajstić information content (AvgIpc) is 2.25. The Kier molecular flexibility index (Phi) is 5.50. The van der Waals surface area contributed by atoms with E-state index < -0.39 is 4.92 Å². The predicted octanol–water partition coefficient (Wildman–Crippen LogP) is 3.53. The maximum Gasteiger partial charge on any atom is 0.312 e. The van der Waals surface area contributed by atoms with Gasteiger partial charge in [-0.2, -0.15) is 12.6 Å². The van der Waals surface area contributed by atoms with E-state index >= 15 is 0 Å². The fraction of sp³-hybridized carbons (Fsp3) is 0.273. The summed E-state index contributed by atoms with van der Waals surface area (Å²) in [6.07, 6.45) is 3.60.